The van der Waals surface area contributed by atoms with E-state index in [1.807, 2.05) is 18.2 Å². The van der Waals surface area contributed by atoms with Crippen molar-refractivity contribution in [3.8, 4) is 0 Å². The van der Waals surface area contributed by atoms with Crippen molar-refractivity contribution in [1.82, 2.24) is 0 Å². The van der Waals surface area contributed by atoms with Crippen LogP contribution in [-0.2, 0) is 11.8 Å². The Morgan fingerprint density at radius 2 is 1.90 bits per heavy atom. The average molecular weight is 308 g/mol. The predicted molar refractivity (Wildman–Crippen MR) is 87.7 cm³/mol. The molecule has 0 amide bonds. The number of benzene rings is 1. The van der Waals surface area contributed by atoms with E-state index in [1.165, 1.54) is 16.5 Å². The van der Waals surface area contributed by atoms with Crippen LogP contribution in [0.3, 0.4) is 0 Å². The Kier molecular flexibility index (Phi) is 3.45. The molecular weight excluding hydrogens is 287 g/mol. The van der Waals surface area contributed by atoms with Crippen molar-refractivity contribution in [2.45, 2.75) is 19.5 Å². The molecule has 2 aliphatic heterocycles. The molecule has 2 bridgehead atoms. The number of aliphatic hydroxyl groups is 2. The fourth-order valence-electron chi connectivity index (χ4n) is 4.25. The summed E-state index contributed by atoms with van der Waals surface area (Å²) in [5, 5.41) is 20.9. The molecule has 4 atom stereocenters. The Balaban J connectivity index is 2.22. The number of hydrogen-bond donors (Lipinski definition) is 2. The summed E-state index contributed by atoms with van der Waals surface area (Å²) in [7, 11) is 0. The number of hydrogen-bond acceptors (Lipinski definition) is 3. The number of allylic oxidation sites excluding steroid dienone is 1. The average Bonchev–Trinajstić information content (AvgIpc) is 2.79. The van der Waals surface area contributed by atoms with Gasteiger partial charge in [0, 0.05) is 18.2 Å². The maximum Gasteiger partial charge on any atom is 0.0512 e. The van der Waals surface area contributed by atoms with Crippen molar-refractivity contribution in [3.05, 3.63) is 41.5 Å². The van der Waals surface area contributed by atoms with Gasteiger partial charge >= 0.3 is 0 Å². The molecule has 1 fully saturated rings. The lowest BCUT2D eigenvalue weighted by Gasteiger charge is -2.38. The quantitative estimate of drug-likeness (QED) is 0.844. The summed E-state index contributed by atoms with van der Waals surface area (Å²) in [4.78, 5) is 0. The summed E-state index contributed by atoms with van der Waals surface area (Å²) in [6, 6.07) is 8.55. The molecule has 2 aliphatic rings. The summed E-state index contributed by atoms with van der Waals surface area (Å²) in [5.74, 6) is 0.116. The summed E-state index contributed by atoms with van der Waals surface area (Å²) < 4.78 is 0. The van der Waals surface area contributed by atoms with Crippen LogP contribution in [0.1, 0.15) is 19.4 Å². The van der Waals surface area contributed by atoms with Gasteiger partial charge in [-0.1, -0.05) is 54.6 Å². The minimum atomic E-state index is -1.81. The third-order valence-corrected chi connectivity index (χ3v) is 11.2. The van der Waals surface area contributed by atoms with Crippen LogP contribution in [0.25, 0.3) is 5.31 Å². The van der Waals surface area contributed by atoms with Crippen LogP contribution in [0.15, 0.2) is 35.9 Å². The third-order valence-electron chi connectivity index (χ3n) is 5.40. The van der Waals surface area contributed by atoms with Crippen LogP contribution in [0.5, 0.6) is 0 Å². The zero-order valence-electron chi connectivity index (χ0n) is 11.9. The summed E-state index contributed by atoms with van der Waals surface area (Å²) in [6.45, 7) is 4.61. The molecule has 0 aromatic heterocycles. The molecule has 0 spiro atoms. The topological polar surface area (TPSA) is 40.5 Å². The zero-order valence-corrected chi connectivity index (χ0v) is 13.6. The van der Waals surface area contributed by atoms with E-state index >= 15 is 0 Å². The lowest BCUT2D eigenvalue weighted by molar-refractivity contribution is 0.131. The van der Waals surface area contributed by atoms with Crippen molar-refractivity contribution >= 4 is 23.2 Å². The van der Waals surface area contributed by atoms with Gasteiger partial charge in [-0.15, -0.1) is 0 Å². The molecule has 0 radical (unpaired) electrons. The molecule has 2 N–H and O–H groups in total. The number of fused-ring (bicyclic) bond motifs is 2. The Hall–Kier alpha value is -0.470. The molecule has 0 saturated carbocycles. The molecule has 0 unspecified atom stereocenters. The van der Waals surface area contributed by atoms with E-state index in [4.69, 9.17) is 11.8 Å². The van der Waals surface area contributed by atoms with Gasteiger partial charge in [0.05, 0.1) is 6.61 Å². The molecule has 2 nitrogen and oxygen atoms in total. The highest BCUT2D eigenvalue weighted by atomic mass is 32.4. The van der Waals surface area contributed by atoms with Crippen LogP contribution < -0.4 is 0 Å². The zero-order chi connectivity index (χ0) is 14.5. The summed E-state index contributed by atoms with van der Waals surface area (Å²) in [6.07, 6.45) is 0.960. The Morgan fingerprint density at radius 3 is 2.45 bits per heavy atom. The van der Waals surface area contributed by atoms with Crippen molar-refractivity contribution in [2.75, 3.05) is 19.4 Å². The molecule has 20 heavy (non-hydrogen) atoms. The summed E-state index contributed by atoms with van der Waals surface area (Å²) in [5.41, 5.74) is 2.59. The first-order valence-corrected chi connectivity index (χ1v) is 10.1. The number of rotatable bonds is 3. The molecule has 2 heterocycles. The van der Waals surface area contributed by atoms with Gasteiger partial charge in [0.2, 0.25) is 0 Å². The highest BCUT2D eigenvalue weighted by Gasteiger charge is 2.61. The van der Waals surface area contributed by atoms with E-state index in [1.54, 1.807) is 0 Å². The van der Waals surface area contributed by atoms with Gasteiger partial charge in [-0.05, 0) is 35.4 Å². The maximum absolute atomic E-state index is 9.85. The van der Waals surface area contributed by atoms with Gasteiger partial charge in [-0.2, -0.15) is 0 Å². The van der Waals surface area contributed by atoms with Gasteiger partial charge in [0.1, 0.15) is 0 Å². The minimum absolute atomic E-state index is 0.0388. The Morgan fingerprint density at radius 1 is 1.25 bits per heavy atom. The minimum Gasteiger partial charge on any atom is -0.396 e. The molecule has 4 heteroatoms. The normalized spacial score (nSPS) is 39.6. The lowest BCUT2D eigenvalue weighted by Crippen LogP contribution is -2.36. The van der Waals surface area contributed by atoms with E-state index in [9.17, 15) is 10.2 Å². The standard InChI is InChI=1S/C16H21O2PS/c1-11-15(12-6-4-3-5-7-12)19(20)10-16(11,2)13(8-17)14(19)9-18/h3-7,13-14,17-18H,8-10H2,1-2H3/t13-,14+,16-,19+/m1/s1. The monoisotopic (exact) mass is 308 g/mol. The van der Waals surface area contributed by atoms with Gasteiger partial charge in [-0.25, -0.2) is 0 Å². The predicted octanol–water partition coefficient (Wildman–Crippen LogP) is 2.90. The van der Waals surface area contributed by atoms with Crippen LogP contribution in [-0.4, -0.2) is 35.2 Å². The van der Waals surface area contributed by atoms with E-state index in [0.29, 0.717) is 0 Å². The third kappa shape index (κ3) is 1.67. The van der Waals surface area contributed by atoms with E-state index < -0.39 is 6.04 Å². The Labute approximate surface area is 125 Å². The molecule has 1 aromatic carbocycles. The van der Waals surface area contributed by atoms with Crippen molar-refractivity contribution in [3.63, 3.8) is 0 Å². The Bertz CT molecular complexity index is 610. The molecule has 1 aromatic rings. The van der Waals surface area contributed by atoms with E-state index in [2.05, 4.69) is 26.0 Å². The molecule has 108 valence electrons. The summed E-state index contributed by atoms with van der Waals surface area (Å²) >= 11 is 6.11. The van der Waals surface area contributed by atoms with Crippen LogP contribution in [0, 0.1) is 11.3 Å². The van der Waals surface area contributed by atoms with E-state index in [0.717, 1.165) is 6.16 Å². The second kappa shape index (κ2) is 4.78. The fourth-order valence-corrected chi connectivity index (χ4v) is 11.3. The first-order chi connectivity index (χ1) is 9.49. The highest BCUT2D eigenvalue weighted by molar-refractivity contribution is 8.20. The largest absolute Gasteiger partial charge is 0.396 e. The van der Waals surface area contributed by atoms with Gasteiger partial charge in [-0.3, -0.25) is 0 Å². The fraction of sp³-hybridized carbons (Fsp3) is 0.500. The van der Waals surface area contributed by atoms with E-state index in [-0.39, 0.29) is 30.2 Å². The molecule has 3 rings (SSSR count). The highest BCUT2D eigenvalue weighted by Crippen LogP contribution is 2.81. The van der Waals surface area contributed by atoms with Crippen molar-refractivity contribution in [2.24, 2.45) is 11.3 Å². The van der Waals surface area contributed by atoms with Crippen LogP contribution >= 0.6 is 6.04 Å². The van der Waals surface area contributed by atoms with Gasteiger partial charge in [0.25, 0.3) is 0 Å². The van der Waals surface area contributed by atoms with Crippen molar-refractivity contribution < 1.29 is 10.2 Å². The SMILES string of the molecule is CC1=C(c2ccccc2)[P@]2(=S)C[C@@]1(C)[C@H](CO)[C@@H]2CO. The second-order valence-electron chi connectivity index (χ2n) is 6.25. The van der Waals surface area contributed by atoms with Crippen molar-refractivity contribution in [1.29, 1.82) is 0 Å². The molecule has 0 aliphatic carbocycles. The first kappa shape index (κ1) is 14.5. The smallest absolute Gasteiger partial charge is 0.0512 e. The molecular formula is C16H21O2PS. The molecule has 1 saturated heterocycles. The second-order valence-corrected chi connectivity index (χ2v) is 11.2. The maximum atomic E-state index is 9.85. The first-order valence-electron chi connectivity index (χ1n) is 7.07. The van der Waals surface area contributed by atoms with Gasteiger partial charge in [0.15, 0.2) is 0 Å². The van der Waals surface area contributed by atoms with Gasteiger partial charge < -0.3 is 10.2 Å². The number of aliphatic hydroxyl groups excluding tert-OH is 2. The lowest BCUT2D eigenvalue weighted by atomic mass is 9.72. The van der Waals surface area contributed by atoms with Crippen LogP contribution in [0.2, 0.25) is 0 Å². The van der Waals surface area contributed by atoms with Crippen LogP contribution in [0.4, 0.5) is 0 Å².